The monoisotopic (exact) mass is 425 g/mol. The zero-order valence-electron chi connectivity index (χ0n) is 17.7. The minimum Gasteiger partial charge on any atom is -0.390 e. The summed E-state index contributed by atoms with van der Waals surface area (Å²) in [6, 6.07) is 10.4. The van der Waals surface area contributed by atoms with Gasteiger partial charge in [-0.25, -0.2) is 9.97 Å². The van der Waals surface area contributed by atoms with Crippen molar-refractivity contribution in [3.05, 3.63) is 53.5 Å². The summed E-state index contributed by atoms with van der Waals surface area (Å²) in [5.41, 5.74) is 8.54. The molecule has 0 bridgehead atoms. The number of aliphatic hydroxyl groups excluding tert-OH is 1. The van der Waals surface area contributed by atoms with E-state index in [0.717, 1.165) is 39.1 Å². The summed E-state index contributed by atoms with van der Waals surface area (Å²) in [5.74, 6) is 0.317. The highest BCUT2D eigenvalue weighted by Crippen LogP contribution is 2.18. The van der Waals surface area contributed by atoms with Crippen LogP contribution in [0.5, 0.6) is 0 Å². The maximum atomic E-state index is 12.5. The second kappa shape index (κ2) is 10.1. The molecule has 9 nitrogen and oxygen atoms in total. The molecule has 1 aromatic heterocycles. The standard InChI is InChI=1S/C22H31N7O2/c23-6-8-29-12-18(13-29)27-21-9-20(25-15-26-21)22(31)24-10-19(30)14-28-7-5-16-3-1-2-4-17(16)11-28/h1-4,9,15,18-19,30H,5-8,10-14,23H2,(H,24,31)(H,25,26,27)/t19-/m0/s1. The van der Waals surface area contributed by atoms with Crippen molar-refractivity contribution >= 4 is 11.7 Å². The highest BCUT2D eigenvalue weighted by atomic mass is 16.3. The highest BCUT2D eigenvalue weighted by molar-refractivity contribution is 5.92. The molecule has 0 unspecified atom stereocenters. The average molecular weight is 426 g/mol. The molecule has 9 heteroatoms. The number of aromatic nitrogens is 2. The van der Waals surface area contributed by atoms with Crippen LogP contribution in [0.2, 0.25) is 0 Å². The molecule has 2 aromatic rings. The van der Waals surface area contributed by atoms with Crippen molar-refractivity contribution in [1.29, 1.82) is 0 Å². The van der Waals surface area contributed by atoms with Crippen LogP contribution >= 0.6 is 0 Å². The lowest BCUT2D eigenvalue weighted by molar-refractivity contribution is 0.0838. The minimum absolute atomic E-state index is 0.181. The Bertz CT molecular complexity index is 888. The second-order valence-electron chi connectivity index (χ2n) is 8.30. The number of hydrogen-bond acceptors (Lipinski definition) is 8. The van der Waals surface area contributed by atoms with Gasteiger partial charge < -0.3 is 21.5 Å². The lowest BCUT2D eigenvalue weighted by Gasteiger charge is -2.39. The zero-order chi connectivity index (χ0) is 21.6. The number of β-amino-alcohol motifs (C(OH)–C–C–N with tert-alkyl or cyclic N) is 1. The largest absolute Gasteiger partial charge is 0.390 e. The molecule has 3 heterocycles. The Kier molecular flexibility index (Phi) is 7.08. The molecule has 166 valence electrons. The average Bonchev–Trinajstić information content (AvgIpc) is 2.76. The van der Waals surface area contributed by atoms with E-state index in [1.165, 1.54) is 17.5 Å². The topological polar surface area (TPSA) is 120 Å². The fourth-order valence-corrected chi connectivity index (χ4v) is 4.17. The van der Waals surface area contributed by atoms with Gasteiger partial charge in [-0.2, -0.15) is 0 Å². The molecule has 4 rings (SSSR count). The fraction of sp³-hybridized carbons (Fsp3) is 0.500. The Morgan fingerprint density at radius 2 is 2.03 bits per heavy atom. The van der Waals surface area contributed by atoms with Crippen molar-refractivity contribution in [2.75, 3.05) is 51.1 Å². The Morgan fingerprint density at radius 1 is 1.23 bits per heavy atom. The van der Waals surface area contributed by atoms with Gasteiger partial charge in [-0.15, -0.1) is 0 Å². The number of carbonyl (C=O) groups excluding carboxylic acids is 1. The second-order valence-corrected chi connectivity index (χ2v) is 8.30. The van der Waals surface area contributed by atoms with E-state index in [2.05, 4.69) is 48.6 Å². The molecule has 1 amide bonds. The summed E-state index contributed by atoms with van der Waals surface area (Å²) in [6.07, 6.45) is 1.73. The van der Waals surface area contributed by atoms with Crippen LogP contribution in [0.15, 0.2) is 36.7 Å². The molecular formula is C22H31N7O2. The van der Waals surface area contributed by atoms with E-state index in [-0.39, 0.29) is 18.1 Å². The van der Waals surface area contributed by atoms with Gasteiger partial charge in [0, 0.05) is 58.4 Å². The number of nitrogens with one attached hydrogen (secondary N) is 2. The first-order chi connectivity index (χ1) is 15.1. The third-order valence-corrected chi connectivity index (χ3v) is 5.83. The van der Waals surface area contributed by atoms with Gasteiger partial charge in [0.05, 0.1) is 12.1 Å². The Hall–Kier alpha value is -2.59. The molecule has 0 radical (unpaired) electrons. The number of nitrogens with zero attached hydrogens (tertiary/aromatic N) is 4. The minimum atomic E-state index is -0.642. The molecule has 1 atom stereocenters. The Balaban J connectivity index is 1.22. The van der Waals surface area contributed by atoms with Crippen molar-refractivity contribution in [1.82, 2.24) is 25.1 Å². The Morgan fingerprint density at radius 3 is 2.84 bits per heavy atom. The van der Waals surface area contributed by atoms with Gasteiger partial charge in [-0.1, -0.05) is 24.3 Å². The van der Waals surface area contributed by atoms with Crippen molar-refractivity contribution in [2.45, 2.75) is 25.1 Å². The normalized spacial score (nSPS) is 18.1. The van der Waals surface area contributed by atoms with Crippen LogP contribution in [0.1, 0.15) is 21.6 Å². The van der Waals surface area contributed by atoms with Crippen molar-refractivity contribution < 1.29 is 9.90 Å². The predicted octanol–water partition coefficient (Wildman–Crippen LogP) is -0.320. The van der Waals surface area contributed by atoms with Crippen molar-refractivity contribution in [3.8, 4) is 0 Å². The van der Waals surface area contributed by atoms with Crippen LogP contribution in [0.25, 0.3) is 0 Å². The molecule has 0 spiro atoms. The van der Waals surface area contributed by atoms with Crippen molar-refractivity contribution in [3.63, 3.8) is 0 Å². The van der Waals surface area contributed by atoms with Gasteiger partial charge in [0.15, 0.2) is 0 Å². The third kappa shape index (κ3) is 5.76. The van der Waals surface area contributed by atoms with E-state index in [1.54, 1.807) is 6.07 Å². The quantitative estimate of drug-likeness (QED) is 0.432. The molecule has 2 aliphatic rings. The highest BCUT2D eigenvalue weighted by Gasteiger charge is 2.26. The van der Waals surface area contributed by atoms with E-state index in [4.69, 9.17) is 5.73 Å². The maximum Gasteiger partial charge on any atom is 0.270 e. The molecule has 1 fully saturated rings. The number of aliphatic hydroxyl groups is 1. The molecule has 1 saturated heterocycles. The van der Waals surface area contributed by atoms with Gasteiger partial charge in [0.2, 0.25) is 0 Å². The third-order valence-electron chi connectivity index (χ3n) is 5.83. The maximum absolute atomic E-state index is 12.5. The molecule has 5 N–H and O–H groups in total. The predicted molar refractivity (Wildman–Crippen MR) is 119 cm³/mol. The first kappa shape index (κ1) is 21.6. The van der Waals surface area contributed by atoms with Gasteiger partial charge in [-0.05, 0) is 17.5 Å². The van der Waals surface area contributed by atoms with E-state index >= 15 is 0 Å². The van der Waals surface area contributed by atoms with Gasteiger partial charge >= 0.3 is 0 Å². The summed E-state index contributed by atoms with van der Waals surface area (Å²) >= 11 is 0. The van der Waals surface area contributed by atoms with Gasteiger partial charge in [0.25, 0.3) is 5.91 Å². The van der Waals surface area contributed by atoms with E-state index in [1.807, 2.05) is 6.07 Å². The van der Waals surface area contributed by atoms with Crippen LogP contribution < -0.4 is 16.4 Å². The number of nitrogens with two attached hydrogens (primary N) is 1. The number of likely N-dealkylation sites (tertiary alicyclic amines) is 1. The zero-order valence-corrected chi connectivity index (χ0v) is 17.7. The van der Waals surface area contributed by atoms with Gasteiger partial charge in [-0.3, -0.25) is 14.6 Å². The molecule has 1 aromatic carbocycles. The Labute approximate surface area is 182 Å². The smallest absolute Gasteiger partial charge is 0.270 e. The number of rotatable bonds is 9. The number of fused-ring (bicyclic) bond motifs is 1. The van der Waals surface area contributed by atoms with E-state index in [9.17, 15) is 9.90 Å². The molecule has 31 heavy (non-hydrogen) atoms. The number of anilines is 1. The number of benzene rings is 1. The number of amides is 1. The summed E-state index contributed by atoms with van der Waals surface area (Å²) in [4.78, 5) is 25.2. The molecular weight excluding hydrogens is 394 g/mol. The van der Waals surface area contributed by atoms with Crippen LogP contribution in [-0.4, -0.2) is 88.7 Å². The summed E-state index contributed by atoms with van der Waals surface area (Å²) in [5, 5.41) is 16.5. The summed E-state index contributed by atoms with van der Waals surface area (Å²) in [6.45, 7) is 5.81. The van der Waals surface area contributed by atoms with Crippen LogP contribution in [0.3, 0.4) is 0 Å². The first-order valence-electron chi connectivity index (χ1n) is 10.9. The summed E-state index contributed by atoms with van der Waals surface area (Å²) in [7, 11) is 0. The fourth-order valence-electron chi connectivity index (χ4n) is 4.17. The molecule has 0 saturated carbocycles. The van der Waals surface area contributed by atoms with Crippen LogP contribution in [0.4, 0.5) is 5.82 Å². The number of hydrogen-bond donors (Lipinski definition) is 4. The first-order valence-corrected chi connectivity index (χ1v) is 10.9. The van der Waals surface area contributed by atoms with E-state index in [0.29, 0.717) is 24.9 Å². The molecule has 2 aliphatic heterocycles. The SMILES string of the molecule is NCCN1CC(Nc2cc(C(=O)NC[C@H](O)CN3CCc4ccccc4C3)ncn2)C1. The lowest BCUT2D eigenvalue weighted by atomic mass is 10.00. The summed E-state index contributed by atoms with van der Waals surface area (Å²) < 4.78 is 0. The van der Waals surface area contributed by atoms with Crippen LogP contribution in [0, 0.1) is 0 Å². The van der Waals surface area contributed by atoms with Gasteiger partial charge in [0.1, 0.15) is 17.8 Å². The lowest BCUT2D eigenvalue weighted by Crippen LogP contribution is -2.55. The van der Waals surface area contributed by atoms with Crippen molar-refractivity contribution in [2.24, 2.45) is 5.73 Å². The number of carbonyl (C=O) groups is 1. The van der Waals surface area contributed by atoms with E-state index < -0.39 is 6.10 Å². The van der Waals surface area contributed by atoms with Crippen LogP contribution in [-0.2, 0) is 13.0 Å². The molecule has 0 aliphatic carbocycles.